The average molecular weight is 515 g/mol. The first-order valence-electron chi connectivity index (χ1n) is 11.2. The van der Waals surface area contributed by atoms with Gasteiger partial charge >= 0.3 is 12.1 Å². The van der Waals surface area contributed by atoms with Gasteiger partial charge in [-0.25, -0.2) is 0 Å². The van der Waals surface area contributed by atoms with Crippen LogP contribution in [0.25, 0.3) is 0 Å². The number of nitrogens with one attached hydrogen (secondary N) is 1. The van der Waals surface area contributed by atoms with Gasteiger partial charge in [-0.1, -0.05) is 59.8 Å². The number of carbonyl (C=O) groups is 2. The molecule has 0 aliphatic carbocycles. The van der Waals surface area contributed by atoms with Crippen LogP contribution in [-0.2, 0) is 33.6 Å². The molecular formula is C27H25F3N2O5. The monoisotopic (exact) mass is 514 g/mol. The number of carbonyl (C=O) groups excluding carboxylic acids is 1. The highest BCUT2D eigenvalue weighted by atomic mass is 19.4. The van der Waals surface area contributed by atoms with E-state index in [-0.39, 0.29) is 13.2 Å². The fourth-order valence-electron chi connectivity index (χ4n) is 3.34. The number of halogens is 3. The summed E-state index contributed by atoms with van der Waals surface area (Å²) in [7, 11) is 0. The molecular weight excluding hydrogens is 489 g/mol. The number of ether oxygens (including phenoxy) is 1. The second-order valence-electron chi connectivity index (χ2n) is 8.11. The van der Waals surface area contributed by atoms with E-state index >= 15 is 0 Å². The van der Waals surface area contributed by atoms with Crippen LogP contribution in [-0.4, -0.2) is 35.8 Å². The van der Waals surface area contributed by atoms with Crippen molar-refractivity contribution < 1.29 is 37.4 Å². The zero-order valence-corrected chi connectivity index (χ0v) is 19.9. The number of aryl methyl sites for hydroxylation is 1. The van der Waals surface area contributed by atoms with Gasteiger partial charge < -0.3 is 20.0 Å². The summed E-state index contributed by atoms with van der Waals surface area (Å²) in [5.74, 6) is -1.21. The van der Waals surface area contributed by atoms with Gasteiger partial charge in [0, 0.05) is 6.42 Å². The highest BCUT2D eigenvalue weighted by Gasteiger charge is 2.29. The SMILES string of the molecule is Cc1cc(CC(=NOCc2ccc(C(F)(F)F)cc2)c2ccccc2)ccc1OCC(=O)NCC(=O)O. The molecule has 0 spiro atoms. The second-order valence-corrected chi connectivity index (χ2v) is 8.11. The van der Waals surface area contributed by atoms with Gasteiger partial charge in [0.25, 0.3) is 5.91 Å². The largest absolute Gasteiger partial charge is 0.484 e. The highest BCUT2D eigenvalue weighted by Crippen LogP contribution is 2.29. The second kappa shape index (κ2) is 12.6. The maximum Gasteiger partial charge on any atom is 0.416 e. The molecule has 37 heavy (non-hydrogen) atoms. The molecule has 3 aromatic rings. The minimum atomic E-state index is -4.40. The highest BCUT2D eigenvalue weighted by molar-refractivity contribution is 6.01. The summed E-state index contributed by atoms with van der Waals surface area (Å²) in [6.07, 6.45) is -4.00. The van der Waals surface area contributed by atoms with E-state index in [9.17, 15) is 22.8 Å². The zero-order valence-electron chi connectivity index (χ0n) is 19.9. The van der Waals surface area contributed by atoms with Crippen LogP contribution >= 0.6 is 0 Å². The molecule has 0 atom stereocenters. The molecule has 0 aliphatic rings. The van der Waals surface area contributed by atoms with Crippen LogP contribution in [0.1, 0.15) is 27.8 Å². The van der Waals surface area contributed by atoms with Gasteiger partial charge in [0.2, 0.25) is 0 Å². The van der Waals surface area contributed by atoms with Crippen molar-refractivity contribution in [3.05, 3.63) is 101 Å². The summed E-state index contributed by atoms with van der Waals surface area (Å²) in [5.41, 5.74) is 2.92. The van der Waals surface area contributed by atoms with Crippen molar-refractivity contribution in [1.82, 2.24) is 5.32 Å². The van der Waals surface area contributed by atoms with Gasteiger partial charge in [-0.2, -0.15) is 13.2 Å². The van der Waals surface area contributed by atoms with Crippen molar-refractivity contribution in [1.29, 1.82) is 0 Å². The normalized spacial score (nSPS) is 11.6. The zero-order chi connectivity index (χ0) is 26.8. The number of alkyl halides is 3. The van der Waals surface area contributed by atoms with E-state index in [2.05, 4.69) is 10.5 Å². The molecule has 0 aliphatic heterocycles. The quantitative estimate of drug-likeness (QED) is 0.284. The first kappa shape index (κ1) is 27.3. The third kappa shape index (κ3) is 8.68. The van der Waals surface area contributed by atoms with Crippen molar-refractivity contribution in [2.45, 2.75) is 26.1 Å². The molecule has 3 aromatic carbocycles. The molecule has 0 radical (unpaired) electrons. The molecule has 1 amide bonds. The molecule has 0 fully saturated rings. The fourth-order valence-corrected chi connectivity index (χ4v) is 3.34. The molecule has 3 rings (SSSR count). The van der Waals surface area contributed by atoms with Crippen LogP contribution in [0.5, 0.6) is 5.75 Å². The predicted molar refractivity (Wildman–Crippen MR) is 130 cm³/mol. The molecule has 10 heteroatoms. The van der Waals surface area contributed by atoms with Crippen LogP contribution in [0.4, 0.5) is 13.2 Å². The van der Waals surface area contributed by atoms with Gasteiger partial charge in [-0.3, -0.25) is 9.59 Å². The predicted octanol–water partition coefficient (Wildman–Crippen LogP) is 4.76. The molecule has 0 saturated heterocycles. The molecule has 0 bridgehead atoms. The number of aliphatic carboxylic acids is 1. The van der Waals surface area contributed by atoms with Crippen molar-refractivity contribution in [3.8, 4) is 5.75 Å². The summed E-state index contributed by atoms with van der Waals surface area (Å²) in [5, 5.41) is 15.1. The van der Waals surface area contributed by atoms with Crippen LogP contribution < -0.4 is 10.1 Å². The molecule has 0 aromatic heterocycles. The Kier molecular flexibility index (Phi) is 9.26. The van der Waals surface area contributed by atoms with Gasteiger partial charge in [-0.15, -0.1) is 0 Å². The number of oxime groups is 1. The van der Waals surface area contributed by atoms with E-state index in [0.717, 1.165) is 28.8 Å². The third-order valence-corrected chi connectivity index (χ3v) is 5.20. The Balaban J connectivity index is 1.67. The third-order valence-electron chi connectivity index (χ3n) is 5.20. The first-order chi connectivity index (χ1) is 17.6. The van der Waals surface area contributed by atoms with Crippen molar-refractivity contribution in [3.63, 3.8) is 0 Å². The standard InChI is InChI=1S/C27H25F3N2O5/c1-18-13-20(9-12-24(18)36-17-25(33)31-15-26(34)35)14-23(21-5-3-2-4-6-21)32-37-16-19-7-10-22(11-8-19)27(28,29)30/h2-13H,14-17H2,1H3,(H,31,33)(H,34,35). The van der Waals surface area contributed by atoms with Crippen LogP contribution in [0.15, 0.2) is 78.0 Å². The number of hydrogen-bond acceptors (Lipinski definition) is 5. The molecule has 2 N–H and O–H groups in total. The molecule has 194 valence electrons. The van der Waals surface area contributed by atoms with Crippen molar-refractivity contribution in [2.75, 3.05) is 13.2 Å². The molecule has 7 nitrogen and oxygen atoms in total. The molecule has 0 unspecified atom stereocenters. The van der Waals surface area contributed by atoms with Gasteiger partial charge in [-0.05, 0) is 47.4 Å². The Morgan fingerprint density at radius 1 is 0.973 bits per heavy atom. The summed E-state index contributed by atoms with van der Waals surface area (Å²) in [6, 6.07) is 19.4. The number of carboxylic acids is 1. The van der Waals surface area contributed by atoms with E-state index in [1.54, 1.807) is 6.07 Å². The van der Waals surface area contributed by atoms with E-state index in [1.807, 2.05) is 49.4 Å². The van der Waals surface area contributed by atoms with E-state index in [4.69, 9.17) is 14.7 Å². The lowest BCUT2D eigenvalue weighted by molar-refractivity contribution is -0.138. The lowest BCUT2D eigenvalue weighted by Crippen LogP contribution is -2.33. The fraction of sp³-hybridized carbons (Fsp3) is 0.222. The number of carboxylic acid groups (broad SMARTS) is 1. The first-order valence-corrected chi connectivity index (χ1v) is 11.2. The summed E-state index contributed by atoms with van der Waals surface area (Å²) >= 11 is 0. The van der Waals surface area contributed by atoms with Gasteiger partial charge in [0.1, 0.15) is 18.9 Å². The van der Waals surface area contributed by atoms with E-state index in [1.165, 1.54) is 12.1 Å². The minimum Gasteiger partial charge on any atom is -0.484 e. The number of rotatable bonds is 11. The number of amides is 1. The Labute approximate surface area is 211 Å². The Hall–Kier alpha value is -4.34. The number of nitrogens with zero attached hydrogens (tertiary/aromatic N) is 1. The smallest absolute Gasteiger partial charge is 0.416 e. The Morgan fingerprint density at radius 3 is 2.27 bits per heavy atom. The van der Waals surface area contributed by atoms with E-state index in [0.29, 0.717) is 23.4 Å². The van der Waals surface area contributed by atoms with Gasteiger partial charge in [0.05, 0.1) is 11.3 Å². The van der Waals surface area contributed by atoms with Gasteiger partial charge in [0.15, 0.2) is 6.61 Å². The summed E-state index contributed by atoms with van der Waals surface area (Å²) in [4.78, 5) is 27.7. The minimum absolute atomic E-state index is 0.00419. The van der Waals surface area contributed by atoms with Crippen molar-refractivity contribution >= 4 is 17.6 Å². The number of hydrogen-bond donors (Lipinski definition) is 2. The summed E-state index contributed by atoms with van der Waals surface area (Å²) < 4.78 is 43.8. The average Bonchev–Trinajstić information content (AvgIpc) is 2.86. The topological polar surface area (TPSA) is 97.2 Å². The number of benzene rings is 3. The maximum atomic E-state index is 12.8. The lowest BCUT2D eigenvalue weighted by Gasteiger charge is -2.12. The molecule has 0 saturated carbocycles. The van der Waals surface area contributed by atoms with Crippen LogP contribution in [0, 0.1) is 6.92 Å². The molecule has 0 heterocycles. The Bertz CT molecular complexity index is 1240. The van der Waals surface area contributed by atoms with Crippen LogP contribution in [0.3, 0.4) is 0 Å². The van der Waals surface area contributed by atoms with E-state index < -0.39 is 30.2 Å². The lowest BCUT2D eigenvalue weighted by atomic mass is 10.0. The Morgan fingerprint density at radius 2 is 1.65 bits per heavy atom. The van der Waals surface area contributed by atoms with Crippen LogP contribution in [0.2, 0.25) is 0 Å². The maximum absolute atomic E-state index is 12.8. The summed E-state index contributed by atoms with van der Waals surface area (Å²) in [6.45, 7) is 1.02. The van der Waals surface area contributed by atoms with Crippen molar-refractivity contribution in [2.24, 2.45) is 5.16 Å².